The average molecular weight is 271 g/mol. The van der Waals surface area contributed by atoms with E-state index in [1.54, 1.807) is 18.4 Å². The number of nitrogens with two attached hydrogens (primary N) is 1. The molecule has 1 aromatic rings. The van der Waals surface area contributed by atoms with Crippen molar-refractivity contribution in [2.24, 2.45) is 5.73 Å². The third kappa shape index (κ3) is 4.36. The number of amides is 1. The lowest BCUT2D eigenvalue weighted by molar-refractivity contribution is -0.123. The maximum atomic E-state index is 11.8. The van der Waals surface area contributed by atoms with E-state index < -0.39 is 6.04 Å². The van der Waals surface area contributed by atoms with Crippen molar-refractivity contribution in [3.63, 3.8) is 0 Å². The van der Waals surface area contributed by atoms with Gasteiger partial charge in [-0.25, -0.2) is 4.98 Å². The molecule has 0 saturated heterocycles. The highest BCUT2D eigenvalue weighted by molar-refractivity contribution is 7.11. The largest absolute Gasteiger partial charge is 0.385 e. The van der Waals surface area contributed by atoms with Gasteiger partial charge in [0.25, 0.3) is 0 Å². The molecular weight excluding hydrogens is 250 g/mol. The fraction of sp³-hybridized carbons (Fsp3) is 0.667. The lowest BCUT2D eigenvalue weighted by Gasteiger charge is -2.15. The van der Waals surface area contributed by atoms with Gasteiger partial charge in [0.15, 0.2) is 0 Å². The molecule has 0 bridgehead atoms. The Morgan fingerprint density at radius 3 is 2.94 bits per heavy atom. The summed E-state index contributed by atoms with van der Waals surface area (Å²) in [7, 11) is 1.59. The second-order valence-corrected chi connectivity index (χ2v) is 5.28. The summed E-state index contributed by atoms with van der Waals surface area (Å²) < 4.78 is 4.90. The van der Waals surface area contributed by atoms with Crippen molar-refractivity contribution in [1.82, 2.24) is 10.3 Å². The average Bonchev–Trinajstić information content (AvgIpc) is 2.84. The number of aromatic nitrogens is 1. The number of ether oxygens (including phenoxy) is 1. The van der Waals surface area contributed by atoms with Gasteiger partial charge in [-0.3, -0.25) is 4.79 Å². The van der Waals surface area contributed by atoms with Crippen molar-refractivity contribution in [2.75, 3.05) is 13.7 Å². The zero-order valence-electron chi connectivity index (χ0n) is 11.1. The van der Waals surface area contributed by atoms with E-state index in [-0.39, 0.29) is 11.9 Å². The summed E-state index contributed by atoms with van der Waals surface area (Å²) in [4.78, 5) is 17.3. The highest BCUT2D eigenvalue weighted by atomic mass is 32.1. The van der Waals surface area contributed by atoms with Crippen LogP contribution < -0.4 is 11.1 Å². The summed E-state index contributed by atoms with van der Waals surface area (Å²) in [5, 5.41) is 3.79. The van der Waals surface area contributed by atoms with Crippen molar-refractivity contribution >= 4 is 17.2 Å². The van der Waals surface area contributed by atoms with E-state index in [4.69, 9.17) is 10.5 Å². The third-order valence-electron chi connectivity index (χ3n) is 2.62. The molecule has 2 atom stereocenters. The Balaban J connectivity index is 2.48. The molecule has 102 valence electrons. The minimum absolute atomic E-state index is 0.101. The van der Waals surface area contributed by atoms with Crippen molar-refractivity contribution in [3.8, 4) is 0 Å². The monoisotopic (exact) mass is 271 g/mol. The fourth-order valence-electron chi connectivity index (χ4n) is 1.44. The predicted octanol–water partition coefficient (Wildman–Crippen LogP) is 1.25. The number of carbonyl (C=O) groups excluding carboxylic acids is 1. The van der Waals surface area contributed by atoms with Crippen LogP contribution in [-0.4, -0.2) is 30.6 Å². The summed E-state index contributed by atoms with van der Waals surface area (Å²) in [6.07, 6.45) is 3.34. The van der Waals surface area contributed by atoms with E-state index in [0.717, 1.165) is 11.4 Å². The molecule has 0 spiro atoms. The van der Waals surface area contributed by atoms with Crippen molar-refractivity contribution in [1.29, 1.82) is 0 Å². The molecule has 6 heteroatoms. The normalized spacial score (nSPS) is 14.2. The highest BCUT2D eigenvalue weighted by Gasteiger charge is 2.18. The first kappa shape index (κ1) is 15.1. The molecule has 0 aromatic carbocycles. The van der Waals surface area contributed by atoms with Crippen LogP contribution in [0.2, 0.25) is 0 Å². The zero-order valence-corrected chi connectivity index (χ0v) is 11.9. The maximum Gasteiger partial charge on any atom is 0.237 e. The van der Waals surface area contributed by atoms with Crippen LogP contribution in [0.3, 0.4) is 0 Å². The molecule has 0 saturated carbocycles. The topological polar surface area (TPSA) is 77.2 Å². The molecule has 2 unspecified atom stereocenters. The van der Waals surface area contributed by atoms with Gasteiger partial charge in [-0.15, -0.1) is 11.3 Å². The van der Waals surface area contributed by atoms with Crippen LogP contribution in [-0.2, 0) is 16.0 Å². The van der Waals surface area contributed by atoms with E-state index in [9.17, 15) is 4.79 Å². The van der Waals surface area contributed by atoms with E-state index in [1.165, 1.54) is 4.88 Å². The third-order valence-corrected chi connectivity index (χ3v) is 3.94. The SMILES string of the molecule is CCc1cnc(C(C)NC(=O)C(N)CCOC)s1. The van der Waals surface area contributed by atoms with Crippen molar-refractivity contribution in [3.05, 3.63) is 16.1 Å². The zero-order chi connectivity index (χ0) is 13.5. The van der Waals surface area contributed by atoms with Crippen LogP contribution in [0.5, 0.6) is 0 Å². The number of hydrogen-bond donors (Lipinski definition) is 2. The second-order valence-electron chi connectivity index (χ2n) is 4.14. The number of aryl methyl sites for hydroxylation is 1. The number of rotatable bonds is 7. The standard InChI is InChI=1S/C12H21N3O2S/c1-4-9-7-14-12(18-9)8(2)15-11(16)10(13)5-6-17-3/h7-8,10H,4-6,13H2,1-3H3,(H,15,16). The number of nitrogens with one attached hydrogen (secondary N) is 1. The van der Waals surface area contributed by atoms with E-state index in [2.05, 4.69) is 17.2 Å². The van der Waals surface area contributed by atoms with Gasteiger partial charge in [0, 0.05) is 24.8 Å². The summed E-state index contributed by atoms with van der Waals surface area (Å²) in [5.41, 5.74) is 5.75. The van der Waals surface area contributed by atoms with Crippen LogP contribution >= 0.6 is 11.3 Å². The fourth-order valence-corrected chi connectivity index (χ4v) is 2.30. The predicted molar refractivity (Wildman–Crippen MR) is 72.5 cm³/mol. The molecule has 0 aliphatic rings. The van der Waals surface area contributed by atoms with Crippen LogP contribution in [0.25, 0.3) is 0 Å². The number of methoxy groups -OCH3 is 1. The lowest BCUT2D eigenvalue weighted by atomic mass is 10.2. The summed E-state index contributed by atoms with van der Waals surface area (Å²) in [5.74, 6) is -0.159. The summed E-state index contributed by atoms with van der Waals surface area (Å²) in [6.45, 7) is 4.49. The Labute approximate surface area is 112 Å². The quantitative estimate of drug-likeness (QED) is 0.782. The van der Waals surface area contributed by atoms with Gasteiger partial charge in [-0.1, -0.05) is 6.92 Å². The maximum absolute atomic E-state index is 11.8. The van der Waals surface area contributed by atoms with E-state index in [1.807, 2.05) is 13.1 Å². The first-order chi connectivity index (χ1) is 8.58. The van der Waals surface area contributed by atoms with E-state index in [0.29, 0.717) is 13.0 Å². The number of carbonyl (C=O) groups is 1. The van der Waals surface area contributed by atoms with Gasteiger partial charge >= 0.3 is 0 Å². The first-order valence-corrected chi connectivity index (χ1v) is 6.89. The molecule has 3 N–H and O–H groups in total. The Hall–Kier alpha value is -0.980. The Bertz CT molecular complexity index is 381. The molecule has 0 aliphatic carbocycles. The molecular formula is C12H21N3O2S. The summed E-state index contributed by atoms with van der Waals surface area (Å²) in [6, 6.07) is -0.630. The molecule has 1 rings (SSSR count). The van der Waals surface area contributed by atoms with Gasteiger partial charge in [-0.05, 0) is 19.8 Å². The van der Waals surface area contributed by atoms with Gasteiger partial charge in [0.1, 0.15) is 5.01 Å². The Morgan fingerprint density at radius 2 is 2.39 bits per heavy atom. The van der Waals surface area contributed by atoms with Crippen LogP contribution in [0.15, 0.2) is 6.20 Å². The molecule has 5 nitrogen and oxygen atoms in total. The number of nitrogens with zero attached hydrogens (tertiary/aromatic N) is 1. The summed E-state index contributed by atoms with van der Waals surface area (Å²) >= 11 is 1.62. The van der Waals surface area contributed by atoms with Crippen LogP contribution in [0.1, 0.15) is 36.2 Å². The highest BCUT2D eigenvalue weighted by Crippen LogP contribution is 2.20. The number of hydrogen-bond acceptors (Lipinski definition) is 5. The molecule has 1 amide bonds. The lowest BCUT2D eigenvalue weighted by Crippen LogP contribution is -2.42. The molecule has 0 radical (unpaired) electrons. The molecule has 18 heavy (non-hydrogen) atoms. The molecule has 1 aromatic heterocycles. The van der Waals surface area contributed by atoms with E-state index >= 15 is 0 Å². The minimum Gasteiger partial charge on any atom is -0.385 e. The molecule has 0 aliphatic heterocycles. The smallest absolute Gasteiger partial charge is 0.237 e. The molecule has 1 heterocycles. The van der Waals surface area contributed by atoms with Gasteiger partial charge < -0.3 is 15.8 Å². The van der Waals surface area contributed by atoms with Gasteiger partial charge in [-0.2, -0.15) is 0 Å². The van der Waals surface area contributed by atoms with Crippen LogP contribution in [0, 0.1) is 0 Å². The molecule has 0 fully saturated rings. The van der Waals surface area contributed by atoms with Gasteiger partial charge in [0.05, 0.1) is 12.1 Å². The van der Waals surface area contributed by atoms with Crippen molar-refractivity contribution < 1.29 is 9.53 Å². The Morgan fingerprint density at radius 1 is 1.67 bits per heavy atom. The minimum atomic E-state index is -0.530. The van der Waals surface area contributed by atoms with Gasteiger partial charge in [0.2, 0.25) is 5.91 Å². The number of thiazole rings is 1. The second kappa shape index (κ2) is 7.45. The first-order valence-electron chi connectivity index (χ1n) is 6.08. The van der Waals surface area contributed by atoms with Crippen LogP contribution in [0.4, 0.5) is 0 Å². The van der Waals surface area contributed by atoms with Crippen molar-refractivity contribution in [2.45, 2.75) is 38.8 Å². The Kier molecular flexibility index (Phi) is 6.24.